The number of esters is 4. The van der Waals surface area contributed by atoms with Crippen LogP contribution < -0.4 is 63.8 Å². The molecule has 0 aliphatic carbocycles. The highest BCUT2D eigenvalue weighted by molar-refractivity contribution is 6.18. The van der Waals surface area contributed by atoms with Crippen LogP contribution in [0.25, 0.3) is 0 Å². The Hall–Kier alpha value is -10.3. The number of aliphatic carboxylic acids is 2. The van der Waals surface area contributed by atoms with E-state index in [0.29, 0.717) is 12.8 Å². The van der Waals surface area contributed by atoms with Crippen LogP contribution in [0, 0.1) is 17.8 Å². The van der Waals surface area contributed by atoms with Crippen LogP contribution in [-0.4, -0.2) is 263 Å². The largest absolute Gasteiger partial charge is 0.481 e. The zero-order chi connectivity index (χ0) is 85.4. The highest BCUT2D eigenvalue weighted by Crippen LogP contribution is 2.15. The van der Waals surface area contributed by atoms with Crippen LogP contribution >= 0.6 is 11.6 Å². The minimum atomic E-state index is -3.04. The number of rotatable bonds is 40. The highest BCUT2D eigenvalue weighted by atomic mass is 35.5. The van der Waals surface area contributed by atoms with Gasteiger partial charge in [-0.1, -0.05) is 112 Å². The molecular formula is C69H111ClN12O31. The molecule has 12 atom stereocenters. The lowest BCUT2D eigenvalue weighted by atomic mass is 10.0. The normalized spacial score (nSPS) is 20.8. The van der Waals surface area contributed by atoms with Crippen molar-refractivity contribution in [1.29, 1.82) is 0 Å². The monoisotopic (exact) mass is 1640 g/mol. The molecule has 0 radical (unpaired) electrons. The van der Waals surface area contributed by atoms with Crippen molar-refractivity contribution in [2.24, 2.45) is 17.8 Å². The Balaban J connectivity index is 4.39. The molecule has 0 bridgehead atoms. The summed E-state index contributed by atoms with van der Waals surface area (Å²) in [6.45, 7) is 7.40. The lowest BCUT2D eigenvalue weighted by Gasteiger charge is -2.29. The number of hydrogen-bond donors (Lipinski definition) is 18. The molecular weight excluding hydrogens is 1530 g/mol. The molecule has 113 heavy (non-hydrogen) atoms. The second-order valence-electron chi connectivity index (χ2n) is 26.8. The fraction of sp³-hybridized carbons (Fsp3) is 0.710. The van der Waals surface area contributed by atoms with E-state index >= 15 is 0 Å². The number of alkyl halides is 1. The molecule has 1 heterocycles. The number of carbonyl (C=O) groups excluding carboxylic acids is 16. The van der Waals surface area contributed by atoms with E-state index in [9.17, 15) is 117 Å². The van der Waals surface area contributed by atoms with Crippen molar-refractivity contribution in [2.75, 3.05) is 52.5 Å². The van der Waals surface area contributed by atoms with Gasteiger partial charge in [0.05, 0.1) is 54.8 Å². The van der Waals surface area contributed by atoms with Crippen molar-refractivity contribution in [2.45, 2.75) is 244 Å². The number of hydrogen-bond acceptors (Lipinski definition) is 29. The first kappa shape index (κ1) is 101. The molecule has 1 fully saturated rings. The Morgan fingerprint density at radius 1 is 0.504 bits per heavy atom. The number of cyclic esters (lactones) is 1. The molecule has 12 amide bonds. The van der Waals surface area contributed by atoms with Gasteiger partial charge in [-0.15, -0.1) is 11.6 Å². The van der Waals surface area contributed by atoms with E-state index in [-0.39, 0.29) is 25.8 Å². The van der Waals surface area contributed by atoms with Crippen LogP contribution in [0.5, 0.6) is 0 Å². The van der Waals surface area contributed by atoms with Crippen LogP contribution in [0.15, 0.2) is 11.8 Å². The van der Waals surface area contributed by atoms with E-state index in [2.05, 4.69) is 60.1 Å². The van der Waals surface area contributed by atoms with E-state index in [1.807, 2.05) is 10.6 Å². The van der Waals surface area contributed by atoms with Crippen molar-refractivity contribution < 1.29 is 150 Å². The Labute approximate surface area is 656 Å². The zero-order valence-corrected chi connectivity index (χ0v) is 65.4. The fourth-order valence-corrected chi connectivity index (χ4v) is 9.96. The maximum atomic E-state index is 14.8. The Bertz CT molecular complexity index is 3220. The third kappa shape index (κ3) is 41.7. The van der Waals surface area contributed by atoms with Crippen molar-refractivity contribution in [3.05, 3.63) is 11.8 Å². The average molecular weight is 1640 g/mol. The van der Waals surface area contributed by atoms with E-state index in [1.165, 1.54) is 41.5 Å². The molecule has 1 rings (SSSR count). The maximum Gasteiger partial charge on any atom is 0.410 e. The SMILES string of the molecule is C/C=C1/NC(=O)C([C@H](C)O)NC(=O)[C@H](CCNC(=O)OCOC(=O)C(C)C)NC(=O)C(CCCCNC(=O)OCOC(=O)C(C)C)NC(=O)C(CC(=O)O)NC(=O)[C@@H](CCNC(=O)OCOC(=O)C(C)C)NC(=O)C([C@H](O)C(=O)O)NC(=O)C(NC(=O)C[C@H](O)CCCCCCCCCCC)COC(=O)C([C@H](O)CCl)NC1=O. The van der Waals surface area contributed by atoms with Gasteiger partial charge in [0.2, 0.25) is 67.6 Å². The molecule has 1 aliphatic rings. The van der Waals surface area contributed by atoms with Crippen LogP contribution in [0.2, 0.25) is 0 Å². The molecule has 0 aromatic carbocycles. The molecule has 1 saturated heterocycles. The predicted octanol–water partition coefficient (Wildman–Crippen LogP) is -2.39. The average Bonchev–Trinajstić information content (AvgIpc) is 0.845. The van der Waals surface area contributed by atoms with Gasteiger partial charge in [0.15, 0.2) is 12.1 Å². The summed E-state index contributed by atoms with van der Waals surface area (Å²) in [5.41, 5.74) is -0.793. The van der Waals surface area contributed by atoms with Gasteiger partial charge in [-0.05, 0) is 52.4 Å². The molecule has 43 nitrogen and oxygen atoms in total. The first-order valence-corrected chi connectivity index (χ1v) is 37.3. The third-order valence-corrected chi connectivity index (χ3v) is 16.6. The smallest absolute Gasteiger partial charge is 0.410 e. The summed E-state index contributed by atoms with van der Waals surface area (Å²) in [6, 6.07) is -18.1. The minimum absolute atomic E-state index is 0.0618. The number of halogens is 1. The van der Waals surface area contributed by atoms with Crippen LogP contribution in [-0.2, 0) is 105 Å². The lowest BCUT2D eigenvalue weighted by Crippen LogP contribution is -2.63. The number of aliphatic hydroxyl groups is 4. The maximum absolute atomic E-state index is 14.8. The van der Waals surface area contributed by atoms with Crippen LogP contribution in [0.1, 0.15) is 171 Å². The van der Waals surface area contributed by atoms with Gasteiger partial charge in [0.1, 0.15) is 54.6 Å². The zero-order valence-electron chi connectivity index (χ0n) is 64.7. The van der Waals surface area contributed by atoms with Crippen molar-refractivity contribution in [3.63, 3.8) is 0 Å². The van der Waals surface area contributed by atoms with Gasteiger partial charge < -0.3 is 128 Å². The van der Waals surface area contributed by atoms with E-state index < -0.39 is 282 Å². The van der Waals surface area contributed by atoms with Gasteiger partial charge in [0.25, 0.3) is 5.91 Å². The van der Waals surface area contributed by atoms with E-state index in [1.54, 1.807) is 0 Å². The summed E-state index contributed by atoms with van der Waals surface area (Å²) >= 11 is 5.95. The number of carboxylic acids is 2. The second-order valence-corrected chi connectivity index (χ2v) is 27.1. The number of carbonyl (C=O) groups is 18. The molecule has 6 unspecified atom stereocenters. The van der Waals surface area contributed by atoms with Crippen molar-refractivity contribution in [3.8, 4) is 0 Å². The number of allylic oxidation sites excluding steroid dienone is 1. The highest BCUT2D eigenvalue weighted by Gasteiger charge is 2.41. The number of carboxylic acid groups (broad SMARTS) is 2. The molecule has 0 aromatic rings. The Morgan fingerprint density at radius 3 is 1.39 bits per heavy atom. The number of aliphatic hydroxyl groups excluding tert-OH is 4. The number of nitrogens with one attached hydrogen (secondary N) is 12. The lowest BCUT2D eigenvalue weighted by molar-refractivity contribution is -0.156. The van der Waals surface area contributed by atoms with E-state index in [4.69, 9.17) is 44.8 Å². The number of unbranched alkanes of at least 4 members (excludes halogenated alkanes) is 9. The molecule has 44 heteroatoms. The molecule has 0 saturated carbocycles. The van der Waals surface area contributed by atoms with Crippen LogP contribution in [0.4, 0.5) is 14.4 Å². The summed E-state index contributed by atoms with van der Waals surface area (Å²) in [7, 11) is 0. The number of amides is 12. The molecule has 640 valence electrons. The number of ether oxygens (including phenoxy) is 7. The van der Waals surface area contributed by atoms with Gasteiger partial charge in [-0.2, -0.15) is 0 Å². The quantitative estimate of drug-likeness (QED) is 0.00760. The topological polar surface area (TPSA) is 638 Å². The first-order chi connectivity index (χ1) is 53.3. The standard InChI is InChI=1S/C69H111ClN12O31/c1-10-12-13-14-15-16-17-18-19-22-40(84)29-48(86)74-46-32-107-66(103)51(47(85)31-70)81-54(90)41(11-2)75-60(96)50(39(9)83)80-57(93)44(25-28-73-69(106)113-35-110-65(102)38(7)8)77-55(91)42(23-20-21-26-71-67(104)111-33-108-63(100)36(3)4)76-58(94)45(30-49(87)88)79-56(92)43(24-27-72-68(105)112-34-109-64(101)37(5)6)78-61(97)52(82-59(46)95)53(89)62(98)99/h11,36-40,42-47,50-53,83-85,89H,10,12-35H2,1-9H3,(H,71,104)(H,72,105)(H,73,106)(H,74,86)(H,75,96)(H,76,94)(H,77,91)(H,78,97)(H,79,92)(H,80,93)(H,81,90)(H,82,95)(H,87,88)(H,98,99)/b41-11+/t39-,40+,42?,43+,44-,45?,46?,47+,50?,51?,52?,53-/m0/s1. The second kappa shape index (κ2) is 55.2. The summed E-state index contributed by atoms with van der Waals surface area (Å²) in [5, 5.41) is 90.2. The molecule has 0 aromatic heterocycles. The van der Waals surface area contributed by atoms with Crippen molar-refractivity contribution in [1.82, 2.24) is 63.8 Å². The van der Waals surface area contributed by atoms with Crippen LogP contribution in [0.3, 0.4) is 0 Å². The molecule has 0 spiro atoms. The van der Waals surface area contributed by atoms with Gasteiger partial charge in [-0.3, -0.25) is 62.3 Å². The van der Waals surface area contributed by atoms with Gasteiger partial charge in [-0.25, -0.2) is 24.0 Å². The first-order valence-electron chi connectivity index (χ1n) is 36.8. The summed E-state index contributed by atoms with van der Waals surface area (Å²) in [6.07, 6.45) is -7.68. The predicted molar refractivity (Wildman–Crippen MR) is 389 cm³/mol. The molecule has 18 N–H and O–H groups in total. The minimum Gasteiger partial charge on any atom is -0.481 e. The third-order valence-electron chi connectivity index (χ3n) is 16.3. The Kier molecular flexibility index (Phi) is 49.2. The summed E-state index contributed by atoms with van der Waals surface area (Å²) < 4.78 is 34.3. The van der Waals surface area contributed by atoms with Gasteiger partial charge >= 0.3 is 54.1 Å². The van der Waals surface area contributed by atoms with E-state index in [0.717, 1.165) is 64.9 Å². The summed E-state index contributed by atoms with van der Waals surface area (Å²) in [5.74, 6) is -24.3. The van der Waals surface area contributed by atoms with Crippen molar-refractivity contribution >= 4 is 119 Å². The number of alkyl carbamates (subject to hydrolysis) is 3. The Morgan fingerprint density at radius 2 is 0.938 bits per heavy atom. The summed E-state index contributed by atoms with van der Waals surface area (Å²) in [4.78, 5) is 243. The van der Waals surface area contributed by atoms with Gasteiger partial charge in [0, 0.05) is 19.6 Å². The molecule has 1 aliphatic heterocycles. The fourth-order valence-electron chi connectivity index (χ4n) is 9.78.